The van der Waals surface area contributed by atoms with Gasteiger partial charge in [0.1, 0.15) is 0 Å². The molecule has 0 aliphatic carbocycles. The topological polar surface area (TPSA) is 52.6 Å². The molecule has 34 heavy (non-hydrogen) atoms. The third-order valence-corrected chi connectivity index (χ3v) is 6.41. The van der Waals surface area contributed by atoms with Gasteiger partial charge in [0.2, 0.25) is 0 Å². The zero-order valence-corrected chi connectivity index (χ0v) is 20.5. The minimum atomic E-state index is -0.170. The third kappa shape index (κ3) is 5.14. The predicted molar refractivity (Wildman–Crippen MR) is 139 cm³/mol. The molecule has 0 bridgehead atoms. The second kappa shape index (κ2) is 10.1. The zero-order chi connectivity index (χ0) is 24.2. The molecule has 3 aromatic carbocycles. The number of nitrogens with one attached hydrogen (secondary N) is 1. The number of urea groups is 1. The van der Waals surface area contributed by atoms with Crippen LogP contribution in [-0.4, -0.2) is 29.9 Å². The van der Waals surface area contributed by atoms with Gasteiger partial charge in [-0.1, -0.05) is 62.4 Å². The maximum atomic E-state index is 13.5. The molecule has 1 aliphatic heterocycles. The van der Waals surface area contributed by atoms with Crippen molar-refractivity contribution in [1.82, 2.24) is 4.90 Å². The molecule has 4 rings (SSSR count). The van der Waals surface area contributed by atoms with Crippen LogP contribution in [0.2, 0.25) is 0 Å². The van der Waals surface area contributed by atoms with Gasteiger partial charge in [0, 0.05) is 25.2 Å². The Labute approximate surface area is 202 Å². The zero-order valence-electron chi connectivity index (χ0n) is 20.5. The highest BCUT2D eigenvalue weighted by Gasteiger charge is 2.29. The van der Waals surface area contributed by atoms with Gasteiger partial charge >= 0.3 is 6.03 Å². The molecule has 0 aromatic heterocycles. The Balaban J connectivity index is 1.55. The summed E-state index contributed by atoms with van der Waals surface area (Å²) < 4.78 is 0. The molecule has 1 saturated heterocycles. The van der Waals surface area contributed by atoms with Crippen LogP contribution in [0.3, 0.4) is 0 Å². The minimum absolute atomic E-state index is 0.0329. The van der Waals surface area contributed by atoms with Crippen LogP contribution in [0.1, 0.15) is 58.8 Å². The normalized spacial score (nSPS) is 14.0. The van der Waals surface area contributed by atoms with Crippen LogP contribution in [0.5, 0.6) is 0 Å². The lowest BCUT2D eigenvalue weighted by Crippen LogP contribution is -2.49. The van der Waals surface area contributed by atoms with Crippen molar-refractivity contribution in [3.05, 3.63) is 94.5 Å². The number of carbonyl (C=O) groups excluding carboxylic acids is 2. The molecule has 176 valence electrons. The molecule has 1 fully saturated rings. The molecule has 5 heteroatoms. The number of rotatable bonds is 6. The second-order valence-corrected chi connectivity index (χ2v) is 9.40. The first-order valence-corrected chi connectivity index (χ1v) is 12.0. The summed E-state index contributed by atoms with van der Waals surface area (Å²) in [4.78, 5) is 30.2. The highest BCUT2D eigenvalue weighted by Crippen LogP contribution is 2.31. The van der Waals surface area contributed by atoms with Crippen molar-refractivity contribution in [3.8, 4) is 0 Å². The van der Waals surface area contributed by atoms with Crippen molar-refractivity contribution in [1.29, 1.82) is 0 Å². The summed E-state index contributed by atoms with van der Waals surface area (Å²) in [5.41, 5.74) is 6.38. The first-order valence-electron chi connectivity index (χ1n) is 12.0. The SMILES string of the molecule is Cc1ccc(N2CCCN(Cc3ccc(C(C)C)cc3)C2=O)c(NC(=O)c2ccccc2C)c1. The van der Waals surface area contributed by atoms with E-state index in [1.807, 2.05) is 61.2 Å². The smallest absolute Gasteiger partial charge is 0.320 e. The quantitative estimate of drug-likeness (QED) is 0.460. The summed E-state index contributed by atoms with van der Waals surface area (Å²) in [7, 11) is 0. The van der Waals surface area contributed by atoms with Crippen molar-refractivity contribution in [3.63, 3.8) is 0 Å². The molecule has 0 atom stereocenters. The Morgan fingerprint density at radius 1 is 0.971 bits per heavy atom. The predicted octanol–water partition coefficient (Wildman–Crippen LogP) is 6.51. The van der Waals surface area contributed by atoms with Gasteiger partial charge in [-0.05, 0) is 66.6 Å². The van der Waals surface area contributed by atoms with Crippen LogP contribution in [-0.2, 0) is 6.54 Å². The van der Waals surface area contributed by atoms with E-state index in [0.717, 1.165) is 35.3 Å². The van der Waals surface area contributed by atoms with E-state index < -0.39 is 0 Å². The van der Waals surface area contributed by atoms with Crippen molar-refractivity contribution in [2.24, 2.45) is 0 Å². The first-order chi connectivity index (χ1) is 16.3. The van der Waals surface area contributed by atoms with Crippen molar-refractivity contribution >= 4 is 23.3 Å². The van der Waals surface area contributed by atoms with Gasteiger partial charge in [-0.2, -0.15) is 0 Å². The number of carbonyl (C=O) groups is 2. The third-order valence-electron chi connectivity index (χ3n) is 6.41. The van der Waals surface area contributed by atoms with Gasteiger partial charge < -0.3 is 10.2 Å². The van der Waals surface area contributed by atoms with Gasteiger partial charge in [0.05, 0.1) is 11.4 Å². The van der Waals surface area contributed by atoms with Gasteiger partial charge in [-0.3, -0.25) is 9.69 Å². The average molecular weight is 456 g/mol. The van der Waals surface area contributed by atoms with Crippen LogP contribution in [0.15, 0.2) is 66.7 Å². The summed E-state index contributed by atoms with van der Waals surface area (Å²) in [6, 6.07) is 21.8. The largest absolute Gasteiger partial charge is 0.324 e. The summed E-state index contributed by atoms with van der Waals surface area (Å²) in [6.45, 7) is 10.2. The summed E-state index contributed by atoms with van der Waals surface area (Å²) in [5, 5.41) is 3.06. The Morgan fingerprint density at radius 3 is 2.41 bits per heavy atom. The molecule has 5 nitrogen and oxygen atoms in total. The van der Waals surface area contributed by atoms with E-state index >= 15 is 0 Å². The van der Waals surface area contributed by atoms with E-state index in [2.05, 4.69) is 43.4 Å². The second-order valence-electron chi connectivity index (χ2n) is 9.40. The van der Waals surface area contributed by atoms with Crippen LogP contribution in [0.4, 0.5) is 16.2 Å². The fourth-order valence-electron chi connectivity index (χ4n) is 4.38. The van der Waals surface area contributed by atoms with E-state index in [1.54, 1.807) is 4.90 Å². The lowest BCUT2D eigenvalue weighted by molar-refractivity contribution is 0.102. The van der Waals surface area contributed by atoms with Gasteiger partial charge in [-0.25, -0.2) is 4.79 Å². The summed E-state index contributed by atoms with van der Waals surface area (Å²) in [5.74, 6) is 0.313. The molecule has 3 aromatic rings. The van der Waals surface area contributed by atoms with Crippen molar-refractivity contribution in [2.45, 2.75) is 46.6 Å². The Hall–Kier alpha value is -3.60. The number of aryl methyl sites for hydroxylation is 2. The van der Waals surface area contributed by atoms with E-state index in [-0.39, 0.29) is 11.9 Å². The maximum absolute atomic E-state index is 13.5. The number of nitrogens with zero attached hydrogens (tertiary/aromatic N) is 2. The standard InChI is InChI=1S/C29H33N3O2/c1-20(2)24-13-11-23(12-14-24)19-31-16-7-17-32(29(31)34)27-15-10-21(3)18-26(27)30-28(33)25-9-6-5-8-22(25)4/h5-6,8-15,18,20H,7,16-17,19H2,1-4H3,(H,30,33). The van der Waals surface area contributed by atoms with E-state index in [4.69, 9.17) is 0 Å². The molecule has 0 saturated carbocycles. The summed E-state index contributed by atoms with van der Waals surface area (Å²) >= 11 is 0. The Bertz CT molecular complexity index is 1180. The van der Waals surface area contributed by atoms with Crippen LogP contribution < -0.4 is 10.2 Å². The fourth-order valence-corrected chi connectivity index (χ4v) is 4.38. The van der Waals surface area contributed by atoms with Crippen LogP contribution in [0, 0.1) is 13.8 Å². The Morgan fingerprint density at radius 2 is 1.71 bits per heavy atom. The van der Waals surface area contributed by atoms with Gasteiger partial charge in [0.15, 0.2) is 0 Å². The first kappa shape index (κ1) is 23.6. The highest BCUT2D eigenvalue weighted by atomic mass is 16.2. The highest BCUT2D eigenvalue weighted by molar-refractivity contribution is 6.08. The molecule has 1 N–H and O–H groups in total. The van der Waals surface area contributed by atoms with Crippen molar-refractivity contribution in [2.75, 3.05) is 23.3 Å². The lowest BCUT2D eigenvalue weighted by atomic mass is 10.0. The van der Waals surface area contributed by atoms with Crippen LogP contribution >= 0.6 is 0 Å². The molecule has 1 heterocycles. The number of benzene rings is 3. The van der Waals surface area contributed by atoms with Gasteiger partial charge in [-0.15, -0.1) is 0 Å². The number of anilines is 2. The molecule has 3 amide bonds. The van der Waals surface area contributed by atoms with E-state index in [1.165, 1.54) is 5.56 Å². The molecule has 0 spiro atoms. The maximum Gasteiger partial charge on any atom is 0.324 e. The number of hydrogen-bond donors (Lipinski definition) is 1. The average Bonchev–Trinajstić information content (AvgIpc) is 2.81. The van der Waals surface area contributed by atoms with E-state index in [0.29, 0.717) is 30.3 Å². The number of hydrogen-bond acceptors (Lipinski definition) is 2. The van der Waals surface area contributed by atoms with E-state index in [9.17, 15) is 9.59 Å². The summed E-state index contributed by atoms with van der Waals surface area (Å²) in [6.07, 6.45) is 0.870. The fraction of sp³-hybridized carbons (Fsp3) is 0.310. The Kier molecular flexibility index (Phi) is 7.01. The molecule has 0 unspecified atom stereocenters. The molecule has 1 aliphatic rings. The molecular formula is C29H33N3O2. The van der Waals surface area contributed by atoms with Crippen molar-refractivity contribution < 1.29 is 9.59 Å². The van der Waals surface area contributed by atoms with Gasteiger partial charge in [0.25, 0.3) is 5.91 Å². The molecular weight excluding hydrogens is 422 g/mol. The minimum Gasteiger partial charge on any atom is -0.320 e. The lowest BCUT2D eigenvalue weighted by Gasteiger charge is -2.36. The molecule has 0 radical (unpaired) electrons. The number of amides is 3. The van der Waals surface area contributed by atoms with Crippen LogP contribution in [0.25, 0.3) is 0 Å². The monoisotopic (exact) mass is 455 g/mol.